The summed E-state index contributed by atoms with van der Waals surface area (Å²) in [4.78, 5) is 11.3. The van der Waals surface area contributed by atoms with Gasteiger partial charge in [0, 0.05) is 17.6 Å². The number of ether oxygens (including phenoxy) is 1. The van der Waals surface area contributed by atoms with E-state index in [2.05, 4.69) is 21.2 Å². The lowest BCUT2D eigenvalue weighted by atomic mass is 10.1. The molecule has 1 saturated heterocycles. The van der Waals surface area contributed by atoms with E-state index in [0.717, 1.165) is 12.8 Å². The Morgan fingerprint density at radius 3 is 3.05 bits per heavy atom. The van der Waals surface area contributed by atoms with Crippen LogP contribution in [-0.4, -0.2) is 30.3 Å². The van der Waals surface area contributed by atoms with Crippen LogP contribution >= 0.6 is 15.9 Å². The van der Waals surface area contributed by atoms with Gasteiger partial charge in [-0.2, -0.15) is 0 Å². The van der Waals surface area contributed by atoms with Crippen molar-refractivity contribution in [1.82, 2.24) is 5.32 Å². The Hall–Kier alpha value is -0.980. The summed E-state index contributed by atoms with van der Waals surface area (Å²) in [5.41, 5.74) is 0.380. The van der Waals surface area contributed by atoms with Crippen molar-refractivity contribution < 1.29 is 19.0 Å². The molecule has 2 N–H and O–H groups in total. The zero-order valence-corrected chi connectivity index (χ0v) is 11.8. The highest BCUT2D eigenvalue weighted by atomic mass is 79.9. The number of rotatable bonds is 5. The van der Waals surface area contributed by atoms with Gasteiger partial charge in [-0.15, -0.1) is 0 Å². The lowest BCUT2D eigenvalue weighted by molar-refractivity contribution is -0.139. The van der Waals surface area contributed by atoms with Crippen molar-refractivity contribution in [3.05, 3.63) is 34.1 Å². The third-order valence-corrected chi connectivity index (χ3v) is 3.81. The number of hydrogen-bond acceptors (Lipinski definition) is 3. The van der Waals surface area contributed by atoms with Crippen LogP contribution in [0.1, 0.15) is 24.4 Å². The average Bonchev–Trinajstić information content (AvgIpc) is 2.86. The van der Waals surface area contributed by atoms with Gasteiger partial charge in [-0.1, -0.05) is 15.9 Å². The quantitative estimate of drug-likeness (QED) is 0.870. The predicted octanol–water partition coefficient (Wildman–Crippen LogP) is 2.48. The maximum Gasteiger partial charge on any atom is 0.325 e. The maximum atomic E-state index is 13.2. The minimum atomic E-state index is -1.04. The molecule has 1 aliphatic heterocycles. The summed E-state index contributed by atoms with van der Waals surface area (Å²) in [5, 5.41) is 12.2. The molecular weight excluding hydrogens is 317 g/mol. The monoisotopic (exact) mass is 331 g/mol. The number of carboxylic acid groups (broad SMARTS) is 1. The molecule has 104 valence electrons. The third-order valence-electron chi connectivity index (χ3n) is 3.09. The van der Waals surface area contributed by atoms with E-state index in [-0.39, 0.29) is 6.10 Å². The number of aliphatic carboxylic acids is 1. The number of benzene rings is 1. The first-order valence-corrected chi connectivity index (χ1v) is 6.90. The Labute approximate surface area is 119 Å². The first-order valence-electron chi connectivity index (χ1n) is 6.10. The number of halogens is 2. The van der Waals surface area contributed by atoms with Crippen molar-refractivity contribution in [3.8, 4) is 0 Å². The molecule has 1 aromatic carbocycles. The molecule has 0 aromatic heterocycles. The average molecular weight is 332 g/mol. The van der Waals surface area contributed by atoms with Gasteiger partial charge in [0.05, 0.1) is 6.10 Å². The zero-order chi connectivity index (χ0) is 13.8. The van der Waals surface area contributed by atoms with Crippen LogP contribution in [0, 0.1) is 5.82 Å². The Morgan fingerprint density at radius 1 is 1.63 bits per heavy atom. The Morgan fingerprint density at radius 2 is 2.42 bits per heavy atom. The molecule has 4 nitrogen and oxygen atoms in total. The minimum absolute atomic E-state index is 0.0363. The standard InChI is InChI=1S/C13H15BrFNO3/c14-11-4-3-8(15)6-10(11)12(13(17)18)16-7-9-2-1-5-19-9/h3-4,6,9,12,16H,1-2,5,7H2,(H,17,18). The molecule has 0 aliphatic carbocycles. The maximum absolute atomic E-state index is 13.2. The molecular formula is C13H15BrFNO3. The Bertz CT molecular complexity index is 463. The first kappa shape index (κ1) is 14.4. The fourth-order valence-electron chi connectivity index (χ4n) is 2.12. The van der Waals surface area contributed by atoms with Crippen molar-refractivity contribution in [2.45, 2.75) is 25.0 Å². The van der Waals surface area contributed by atoms with Crippen molar-refractivity contribution >= 4 is 21.9 Å². The van der Waals surface area contributed by atoms with Crippen LogP contribution in [0.2, 0.25) is 0 Å². The van der Waals surface area contributed by atoms with Crippen molar-refractivity contribution in [1.29, 1.82) is 0 Å². The summed E-state index contributed by atoms with van der Waals surface area (Å²) in [5.74, 6) is -1.49. The highest BCUT2D eigenvalue weighted by Crippen LogP contribution is 2.25. The molecule has 2 atom stereocenters. The van der Waals surface area contributed by atoms with Crippen molar-refractivity contribution in [3.63, 3.8) is 0 Å². The summed E-state index contributed by atoms with van der Waals surface area (Å²) in [6.07, 6.45) is 1.95. The Balaban J connectivity index is 2.10. The van der Waals surface area contributed by atoms with Gasteiger partial charge in [0.1, 0.15) is 11.9 Å². The normalized spacial score (nSPS) is 20.4. The van der Waals surface area contributed by atoms with E-state index in [9.17, 15) is 14.3 Å². The number of carboxylic acids is 1. The largest absolute Gasteiger partial charge is 0.480 e. The van der Waals surface area contributed by atoms with Gasteiger partial charge in [0.25, 0.3) is 0 Å². The fourth-order valence-corrected chi connectivity index (χ4v) is 2.60. The van der Waals surface area contributed by atoms with Crippen LogP contribution in [0.3, 0.4) is 0 Å². The molecule has 1 aliphatic rings. The molecule has 6 heteroatoms. The fraction of sp³-hybridized carbons (Fsp3) is 0.462. The first-order chi connectivity index (χ1) is 9.08. The summed E-state index contributed by atoms with van der Waals surface area (Å²) >= 11 is 3.25. The van der Waals surface area contributed by atoms with E-state index in [1.165, 1.54) is 18.2 Å². The molecule has 0 spiro atoms. The minimum Gasteiger partial charge on any atom is -0.480 e. The molecule has 19 heavy (non-hydrogen) atoms. The molecule has 0 saturated carbocycles. The zero-order valence-electron chi connectivity index (χ0n) is 10.2. The van der Waals surface area contributed by atoms with E-state index in [1.54, 1.807) is 0 Å². The van der Waals surface area contributed by atoms with E-state index in [1.807, 2.05) is 0 Å². The smallest absolute Gasteiger partial charge is 0.325 e. The lowest BCUT2D eigenvalue weighted by Crippen LogP contribution is -2.34. The molecule has 2 rings (SSSR count). The van der Waals surface area contributed by atoms with Crippen LogP contribution in [0.25, 0.3) is 0 Å². The molecule has 2 unspecified atom stereocenters. The molecule has 0 bridgehead atoms. The molecule has 1 fully saturated rings. The summed E-state index contributed by atoms with van der Waals surface area (Å²) in [6, 6.07) is 3.07. The highest BCUT2D eigenvalue weighted by molar-refractivity contribution is 9.10. The Kier molecular flexibility index (Phi) is 4.90. The van der Waals surface area contributed by atoms with Gasteiger partial charge in [0.15, 0.2) is 0 Å². The summed E-state index contributed by atoms with van der Waals surface area (Å²) < 4.78 is 19.2. The third kappa shape index (κ3) is 3.75. The van der Waals surface area contributed by atoms with Gasteiger partial charge in [-0.3, -0.25) is 10.1 Å². The van der Waals surface area contributed by atoms with Gasteiger partial charge in [-0.25, -0.2) is 4.39 Å². The van der Waals surface area contributed by atoms with E-state index in [4.69, 9.17) is 4.74 Å². The number of hydrogen-bond donors (Lipinski definition) is 2. The molecule has 0 radical (unpaired) electrons. The van der Waals surface area contributed by atoms with Gasteiger partial charge < -0.3 is 9.84 Å². The van der Waals surface area contributed by atoms with Crippen molar-refractivity contribution in [2.75, 3.05) is 13.2 Å². The van der Waals surface area contributed by atoms with Crippen LogP contribution in [0.15, 0.2) is 22.7 Å². The second-order valence-corrected chi connectivity index (χ2v) is 5.33. The SMILES string of the molecule is O=C(O)C(NCC1CCCO1)c1cc(F)ccc1Br. The van der Waals surface area contributed by atoms with E-state index >= 15 is 0 Å². The van der Waals surface area contributed by atoms with Crippen LogP contribution in [-0.2, 0) is 9.53 Å². The van der Waals surface area contributed by atoms with E-state index in [0.29, 0.717) is 23.2 Å². The van der Waals surface area contributed by atoms with E-state index < -0.39 is 17.8 Å². The molecule has 0 amide bonds. The lowest BCUT2D eigenvalue weighted by Gasteiger charge is -2.18. The molecule has 1 heterocycles. The van der Waals surface area contributed by atoms with Gasteiger partial charge >= 0.3 is 5.97 Å². The molecule has 1 aromatic rings. The highest BCUT2D eigenvalue weighted by Gasteiger charge is 2.24. The van der Waals surface area contributed by atoms with Crippen LogP contribution in [0.4, 0.5) is 4.39 Å². The second-order valence-electron chi connectivity index (χ2n) is 4.48. The summed E-state index contributed by atoms with van der Waals surface area (Å²) in [7, 11) is 0. The summed E-state index contributed by atoms with van der Waals surface area (Å²) in [6.45, 7) is 1.16. The topological polar surface area (TPSA) is 58.6 Å². The van der Waals surface area contributed by atoms with Crippen LogP contribution < -0.4 is 5.32 Å². The number of nitrogens with one attached hydrogen (secondary N) is 1. The second kappa shape index (κ2) is 6.45. The van der Waals surface area contributed by atoms with Gasteiger partial charge in [-0.05, 0) is 36.6 Å². The van der Waals surface area contributed by atoms with Crippen LogP contribution in [0.5, 0.6) is 0 Å². The van der Waals surface area contributed by atoms with Gasteiger partial charge in [0.2, 0.25) is 0 Å². The van der Waals surface area contributed by atoms with Crippen molar-refractivity contribution in [2.24, 2.45) is 0 Å². The predicted molar refractivity (Wildman–Crippen MR) is 71.5 cm³/mol. The number of carbonyl (C=O) groups is 1.